The van der Waals surface area contributed by atoms with E-state index in [2.05, 4.69) is 0 Å². The van der Waals surface area contributed by atoms with Crippen molar-refractivity contribution < 1.29 is 24.0 Å². The first kappa shape index (κ1) is 14.2. The van der Waals surface area contributed by atoms with Crippen molar-refractivity contribution in [1.82, 2.24) is 0 Å². The zero-order valence-corrected chi connectivity index (χ0v) is 11.6. The molecule has 2 amide bonds. The van der Waals surface area contributed by atoms with Crippen molar-refractivity contribution in [3.05, 3.63) is 30.1 Å². The standard InChI is InChI=1S/C15H17FN2O3/c16-10-1-3-11(4-2-10)18-14(20)9-13(15(18)21)17-7-5-12(19)6-8-17/h1-4,12-13,19H,5-9H2/p+1. The first-order chi connectivity index (χ1) is 10.1. The fourth-order valence-corrected chi connectivity index (χ4v) is 3.13. The number of anilines is 1. The minimum Gasteiger partial charge on any atom is -0.393 e. The van der Waals surface area contributed by atoms with E-state index >= 15 is 0 Å². The predicted octanol–water partition coefficient (Wildman–Crippen LogP) is -0.503. The highest BCUT2D eigenvalue weighted by atomic mass is 19.1. The molecule has 2 aliphatic rings. The van der Waals surface area contributed by atoms with Gasteiger partial charge >= 0.3 is 0 Å². The maximum Gasteiger partial charge on any atom is 0.292 e. The molecule has 2 heterocycles. The minimum absolute atomic E-state index is 0.182. The third kappa shape index (κ3) is 2.69. The number of hydrogen-bond donors (Lipinski definition) is 2. The van der Waals surface area contributed by atoms with Crippen molar-refractivity contribution >= 4 is 17.5 Å². The Bertz CT molecular complexity index is 553. The van der Waals surface area contributed by atoms with Gasteiger partial charge in [0.25, 0.3) is 5.91 Å². The monoisotopic (exact) mass is 293 g/mol. The Labute approximate surface area is 122 Å². The Hall–Kier alpha value is -1.79. The summed E-state index contributed by atoms with van der Waals surface area (Å²) in [6.45, 7) is 1.39. The van der Waals surface area contributed by atoms with E-state index in [1.54, 1.807) is 0 Å². The molecule has 1 aromatic carbocycles. The Kier molecular flexibility index (Phi) is 3.73. The van der Waals surface area contributed by atoms with Gasteiger partial charge in [-0.2, -0.15) is 0 Å². The van der Waals surface area contributed by atoms with E-state index < -0.39 is 5.82 Å². The van der Waals surface area contributed by atoms with Gasteiger partial charge in [-0.3, -0.25) is 9.59 Å². The lowest BCUT2D eigenvalue weighted by atomic mass is 10.1. The van der Waals surface area contributed by atoms with Gasteiger partial charge < -0.3 is 10.0 Å². The summed E-state index contributed by atoms with van der Waals surface area (Å²) >= 11 is 0. The molecule has 0 bridgehead atoms. The number of benzene rings is 1. The van der Waals surface area contributed by atoms with Crippen LogP contribution in [0.4, 0.5) is 10.1 Å². The largest absolute Gasteiger partial charge is 0.393 e. The molecule has 6 heteroatoms. The molecular formula is C15H18FN2O3+. The van der Waals surface area contributed by atoms with E-state index in [1.807, 2.05) is 0 Å². The van der Waals surface area contributed by atoms with E-state index in [9.17, 15) is 19.1 Å². The van der Waals surface area contributed by atoms with Crippen molar-refractivity contribution in [3.8, 4) is 0 Å². The van der Waals surface area contributed by atoms with Crippen LogP contribution in [0.25, 0.3) is 0 Å². The van der Waals surface area contributed by atoms with Crippen molar-refractivity contribution in [3.63, 3.8) is 0 Å². The van der Waals surface area contributed by atoms with Gasteiger partial charge in [-0.25, -0.2) is 9.29 Å². The Morgan fingerprint density at radius 1 is 1.14 bits per heavy atom. The topological polar surface area (TPSA) is 62.1 Å². The SMILES string of the molecule is O=C1CC([NH+]2CCC(O)CC2)C(=O)N1c1ccc(F)cc1. The number of hydrogen-bond acceptors (Lipinski definition) is 3. The average molecular weight is 293 g/mol. The second-order valence-corrected chi connectivity index (χ2v) is 5.69. The van der Waals surface area contributed by atoms with E-state index in [-0.39, 0.29) is 30.4 Å². The van der Waals surface area contributed by atoms with E-state index in [4.69, 9.17) is 0 Å². The molecule has 0 radical (unpaired) electrons. The number of amides is 2. The lowest BCUT2D eigenvalue weighted by molar-refractivity contribution is -0.920. The summed E-state index contributed by atoms with van der Waals surface area (Å²) in [5, 5.41) is 9.53. The Morgan fingerprint density at radius 2 is 1.76 bits per heavy atom. The summed E-state index contributed by atoms with van der Waals surface area (Å²) < 4.78 is 13.0. The highest BCUT2D eigenvalue weighted by Crippen LogP contribution is 2.22. The highest BCUT2D eigenvalue weighted by Gasteiger charge is 2.46. The number of quaternary nitrogens is 1. The second kappa shape index (κ2) is 5.54. The maximum atomic E-state index is 13.0. The van der Waals surface area contributed by atoms with E-state index in [0.29, 0.717) is 31.6 Å². The Morgan fingerprint density at radius 3 is 2.38 bits per heavy atom. The van der Waals surface area contributed by atoms with Crippen LogP contribution < -0.4 is 9.80 Å². The quantitative estimate of drug-likeness (QED) is 0.723. The number of nitrogens with zero attached hydrogens (tertiary/aromatic N) is 1. The molecular weight excluding hydrogens is 275 g/mol. The molecule has 0 saturated carbocycles. The van der Waals surface area contributed by atoms with Gasteiger partial charge in [0.1, 0.15) is 5.82 Å². The van der Waals surface area contributed by atoms with Crippen LogP contribution in [0.15, 0.2) is 24.3 Å². The summed E-state index contributed by atoms with van der Waals surface area (Å²) in [5.41, 5.74) is 0.422. The highest BCUT2D eigenvalue weighted by molar-refractivity contribution is 6.21. The number of aliphatic hydroxyl groups is 1. The lowest BCUT2D eigenvalue weighted by Gasteiger charge is -2.29. The number of halogens is 1. The van der Waals surface area contributed by atoms with Crippen LogP contribution in [0.2, 0.25) is 0 Å². The van der Waals surface area contributed by atoms with Gasteiger partial charge in [0.15, 0.2) is 6.04 Å². The van der Waals surface area contributed by atoms with Crippen LogP contribution in [-0.2, 0) is 9.59 Å². The number of piperidine rings is 1. The summed E-state index contributed by atoms with van der Waals surface area (Å²) in [6.07, 6.45) is 1.20. The van der Waals surface area contributed by atoms with Gasteiger partial charge in [-0.15, -0.1) is 0 Å². The zero-order chi connectivity index (χ0) is 15.0. The molecule has 1 unspecified atom stereocenters. The predicted molar refractivity (Wildman–Crippen MR) is 73.2 cm³/mol. The van der Waals surface area contributed by atoms with Gasteiger partial charge in [0.2, 0.25) is 5.91 Å². The first-order valence-electron chi connectivity index (χ1n) is 7.21. The number of imide groups is 1. The number of nitrogens with one attached hydrogen (secondary N) is 1. The van der Waals surface area contributed by atoms with Gasteiger partial charge in [0.05, 0.1) is 31.3 Å². The maximum absolute atomic E-state index is 13.0. The molecule has 2 aliphatic heterocycles. The van der Waals surface area contributed by atoms with Crippen LogP contribution >= 0.6 is 0 Å². The third-order valence-electron chi connectivity index (χ3n) is 4.32. The number of carbonyl (C=O) groups is 2. The molecule has 0 spiro atoms. The summed E-state index contributed by atoms with van der Waals surface area (Å²) in [7, 11) is 0. The lowest BCUT2D eigenvalue weighted by Crippen LogP contribution is -3.17. The van der Waals surface area contributed by atoms with E-state index in [1.165, 1.54) is 24.3 Å². The van der Waals surface area contributed by atoms with Crippen molar-refractivity contribution in [2.24, 2.45) is 0 Å². The summed E-state index contributed by atoms with van der Waals surface area (Å²) in [5.74, 6) is -0.863. The van der Waals surface area contributed by atoms with Crippen molar-refractivity contribution in [1.29, 1.82) is 0 Å². The molecule has 0 aromatic heterocycles. The van der Waals surface area contributed by atoms with Gasteiger partial charge in [-0.1, -0.05) is 0 Å². The summed E-state index contributed by atoms with van der Waals surface area (Å²) in [6, 6.07) is 5.00. The number of aliphatic hydroxyl groups excluding tert-OH is 1. The number of likely N-dealkylation sites (tertiary alicyclic amines) is 1. The molecule has 2 N–H and O–H groups in total. The van der Waals surface area contributed by atoms with Gasteiger partial charge in [-0.05, 0) is 24.3 Å². The van der Waals surface area contributed by atoms with E-state index in [0.717, 1.165) is 9.80 Å². The van der Waals surface area contributed by atoms with Crippen molar-refractivity contribution in [2.75, 3.05) is 18.0 Å². The molecule has 3 rings (SSSR count). The fraction of sp³-hybridized carbons (Fsp3) is 0.467. The van der Waals surface area contributed by atoms with Crippen LogP contribution in [0.5, 0.6) is 0 Å². The molecule has 1 atom stereocenters. The molecule has 2 fully saturated rings. The average Bonchev–Trinajstić information content (AvgIpc) is 2.76. The number of rotatable bonds is 2. The number of carbonyl (C=O) groups excluding carboxylic acids is 2. The Balaban J connectivity index is 1.77. The fourth-order valence-electron chi connectivity index (χ4n) is 3.13. The molecule has 5 nitrogen and oxygen atoms in total. The van der Waals surface area contributed by atoms with Crippen LogP contribution in [0, 0.1) is 5.82 Å². The normalized spacial score (nSPS) is 30.0. The van der Waals surface area contributed by atoms with Crippen molar-refractivity contribution in [2.45, 2.75) is 31.4 Å². The minimum atomic E-state index is -0.398. The van der Waals surface area contributed by atoms with Crippen LogP contribution in [-0.4, -0.2) is 42.2 Å². The third-order valence-corrected chi connectivity index (χ3v) is 4.32. The summed E-state index contributed by atoms with van der Waals surface area (Å²) in [4.78, 5) is 26.9. The molecule has 112 valence electrons. The van der Waals surface area contributed by atoms with Crippen LogP contribution in [0.3, 0.4) is 0 Å². The second-order valence-electron chi connectivity index (χ2n) is 5.69. The smallest absolute Gasteiger partial charge is 0.292 e. The molecule has 1 aromatic rings. The van der Waals surface area contributed by atoms with Gasteiger partial charge in [0, 0.05) is 12.8 Å². The van der Waals surface area contributed by atoms with Crippen LogP contribution in [0.1, 0.15) is 19.3 Å². The zero-order valence-electron chi connectivity index (χ0n) is 11.6. The molecule has 0 aliphatic carbocycles. The molecule has 2 saturated heterocycles. The molecule has 21 heavy (non-hydrogen) atoms. The first-order valence-corrected chi connectivity index (χ1v) is 7.21.